The Labute approximate surface area is 141 Å². The molecule has 0 aliphatic rings. The number of aromatic nitrogens is 2. The summed E-state index contributed by atoms with van der Waals surface area (Å²) in [6.07, 6.45) is -11.7. The molecule has 0 saturated carbocycles. The Morgan fingerprint density at radius 3 is 2.31 bits per heavy atom. The van der Waals surface area contributed by atoms with E-state index in [0.717, 1.165) is 0 Å². The average molecular weight is 383 g/mol. The fourth-order valence-electron chi connectivity index (χ4n) is 2.27. The number of hydrogen-bond donors (Lipinski definition) is 2. The summed E-state index contributed by atoms with van der Waals surface area (Å²) in [6.45, 7) is -1.04. The van der Waals surface area contributed by atoms with Gasteiger partial charge in [-0.1, -0.05) is 12.1 Å². The first-order valence-corrected chi connectivity index (χ1v) is 7.00. The normalized spacial score (nSPS) is 13.6. The van der Waals surface area contributed by atoms with Crippen LogP contribution in [-0.4, -0.2) is 38.8 Å². The number of aliphatic carboxylic acids is 1. The van der Waals surface area contributed by atoms with Gasteiger partial charge < -0.3 is 15.0 Å². The number of hydrogen-bond acceptors (Lipinski definition) is 3. The van der Waals surface area contributed by atoms with Crippen LogP contribution < -0.4 is 5.32 Å². The van der Waals surface area contributed by atoms with Gasteiger partial charge in [0, 0.05) is 0 Å². The number of carboxylic acid groups (broad SMARTS) is 1. The zero-order chi connectivity index (χ0) is 19.7. The maximum Gasteiger partial charge on any atom is 0.449 e. The van der Waals surface area contributed by atoms with E-state index >= 15 is 0 Å². The number of nitrogens with zero attached hydrogens (tertiary/aromatic N) is 2. The lowest BCUT2D eigenvalue weighted by Crippen LogP contribution is -2.45. The molecule has 0 aliphatic heterocycles. The SMILES string of the molecule is O=C(Cn1c(C(F)(F)F)nc2ccccc21)NC(CC(F)(F)F)C(=O)O. The Morgan fingerprint density at radius 1 is 1.15 bits per heavy atom. The largest absolute Gasteiger partial charge is 0.480 e. The lowest BCUT2D eigenvalue weighted by atomic mass is 10.2. The molecule has 142 valence electrons. The Kier molecular flexibility index (Phi) is 5.14. The first-order chi connectivity index (χ1) is 11.9. The Balaban J connectivity index is 2.29. The molecule has 26 heavy (non-hydrogen) atoms. The van der Waals surface area contributed by atoms with Crippen LogP contribution in [0.2, 0.25) is 0 Å². The molecule has 0 saturated heterocycles. The van der Waals surface area contributed by atoms with Crippen molar-refractivity contribution >= 4 is 22.9 Å². The molecule has 2 rings (SSSR count). The summed E-state index contributed by atoms with van der Waals surface area (Å²) in [5.74, 6) is -4.70. The summed E-state index contributed by atoms with van der Waals surface area (Å²) in [6, 6.07) is 3.01. The maximum atomic E-state index is 13.1. The third kappa shape index (κ3) is 4.64. The molecule has 6 nitrogen and oxygen atoms in total. The number of carbonyl (C=O) groups excluding carboxylic acids is 1. The van der Waals surface area contributed by atoms with E-state index in [0.29, 0.717) is 4.57 Å². The number of carbonyl (C=O) groups is 2. The summed E-state index contributed by atoms with van der Waals surface area (Å²) in [5, 5.41) is 10.3. The molecule has 2 aromatic rings. The number of imidazole rings is 1. The standard InChI is InChI=1S/C14H11F6N3O3/c15-13(16,17)5-8(11(25)26)21-10(24)6-23-9-4-2-1-3-7(9)22-12(23)14(18,19)20/h1-4,8H,5-6H2,(H,21,24)(H,25,26). The van der Waals surface area contributed by atoms with Crippen molar-refractivity contribution in [1.29, 1.82) is 0 Å². The predicted octanol–water partition coefficient (Wildman–Crippen LogP) is 2.58. The highest BCUT2D eigenvalue weighted by Crippen LogP contribution is 2.31. The molecular formula is C14H11F6N3O3. The molecule has 1 heterocycles. The molecule has 1 aromatic heterocycles. The highest BCUT2D eigenvalue weighted by atomic mass is 19.4. The Morgan fingerprint density at radius 2 is 1.77 bits per heavy atom. The van der Waals surface area contributed by atoms with Crippen LogP contribution in [-0.2, 0) is 22.3 Å². The summed E-state index contributed by atoms with van der Waals surface area (Å²) in [4.78, 5) is 26.1. The number of nitrogens with one attached hydrogen (secondary N) is 1. The lowest BCUT2D eigenvalue weighted by molar-refractivity contribution is -0.160. The minimum Gasteiger partial charge on any atom is -0.480 e. The molecule has 0 aliphatic carbocycles. The quantitative estimate of drug-likeness (QED) is 0.778. The maximum absolute atomic E-state index is 13.1. The van der Waals surface area contributed by atoms with Gasteiger partial charge in [0.1, 0.15) is 12.6 Å². The van der Waals surface area contributed by atoms with Crippen LogP contribution in [0, 0.1) is 0 Å². The van der Waals surface area contributed by atoms with Crippen molar-refractivity contribution in [2.75, 3.05) is 0 Å². The van der Waals surface area contributed by atoms with Crippen molar-refractivity contribution in [3.63, 3.8) is 0 Å². The van der Waals surface area contributed by atoms with Gasteiger partial charge in [-0.2, -0.15) is 26.3 Å². The first kappa shape index (κ1) is 19.5. The number of para-hydroxylation sites is 2. The van der Waals surface area contributed by atoms with Gasteiger partial charge in [0.15, 0.2) is 0 Å². The molecule has 1 unspecified atom stereocenters. The highest BCUT2D eigenvalue weighted by Gasteiger charge is 2.39. The van der Waals surface area contributed by atoms with E-state index in [2.05, 4.69) is 4.98 Å². The van der Waals surface area contributed by atoms with E-state index in [1.807, 2.05) is 0 Å². The lowest BCUT2D eigenvalue weighted by Gasteiger charge is -2.17. The molecule has 1 amide bonds. The van der Waals surface area contributed by atoms with Crippen molar-refractivity contribution in [3.05, 3.63) is 30.1 Å². The van der Waals surface area contributed by atoms with Crippen LogP contribution in [0.3, 0.4) is 0 Å². The fraction of sp³-hybridized carbons (Fsp3) is 0.357. The monoisotopic (exact) mass is 383 g/mol. The van der Waals surface area contributed by atoms with Gasteiger partial charge in [0.25, 0.3) is 0 Å². The Bertz CT molecular complexity index is 827. The fourth-order valence-corrected chi connectivity index (χ4v) is 2.27. The van der Waals surface area contributed by atoms with Crippen LogP contribution in [0.25, 0.3) is 11.0 Å². The van der Waals surface area contributed by atoms with E-state index in [4.69, 9.17) is 5.11 Å². The number of fused-ring (bicyclic) bond motifs is 1. The number of rotatable bonds is 5. The predicted molar refractivity (Wildman–Crippen MR) is 75.0 cm³/mol. The van der Waals surface area contributed by atoms with Crippen molar-refractivity contribution < 1.29 is 41.0 Å². The summed E-state index contributed by atoms with van der Waals surface area (Å²) >= 11 is 0. The summed E-state index contributed by atoms with van der Waals surface area (Å²) in [5.41, 5.74) is -0.143. The molecule has 0 spiro atoms. The summed E-state index contributed by atoms with van der Waals surface area (Å²) in [7, 11) is 0. The number of benzene rings is 1. The van der Waals surface area contributed by atoms with E-state index < -0.39 is 49.1 Å². The second kappa shape index (κ2) is 6.84. The van der Waals surface area contributed by atoms with Crippen LogP contribution in [0.4, 0.5) is 26.3 Å². The minimum atomic E-state index is -4.92. The van der Waals surface area contributed by atoms with Gasteiger partial charge in [-0.3, -0.25) is 4.79 Å². The molecule has 12 heteroatoms. The number of alkyl halides is 6. The van der Waals surface area contributed by atoms with E-state index in [1.165, 1.54) is 24.3 Å². The average Bonchev–Trinajstić information content (AvgIpc) is 2.84. The van der Waals surface area contributed by atoms with Crippen molar-refractivity contribution in [1.82, 2.24) is 14.9 Å². The van der Waals surface area contributed by atoms with Crippen LogP contribution in [0.15, 0.2) is 24.3 Å². The smallest absolute Gasteiger partial charge is 0.449 e. The number of amides is 1. The Hall–Kier alpha value is -2.79. The molecule has 1 aromatic carbocycles. The zero-order valence-corrected chi connectivity index (χ0v) is 12.7. The van der Waals surface area contributed by atoms with Crippen LogP contribution in [0.5, 0.6) is 0 Å². The topological polar surface area (TPSA) is 84.2 Å². The van der Waals surface area contributed by atoms with Crippen molar-refractivity contribution in [2.45, 2.75) is 31.4 Å². The second-order valence-electron chi connectivity index (χ2n) is 5.29. The molecule has 0 fully saturated rings. The first-order valence-electron chi connectivity index (χ1n) is 7.00. The van der Waals surface area contributed by atoms with Gasteiger partial charge in [-0.25, -0.2) is 9.78 Å². The van der Waals surface area contributed by atoms with Gasteiger partial charge in [0.2, 0.25) is 11.7 Å². The van der Waals surface area contributed by atoms with Crippen LogP contribution in [0.1, 0.15) is 12.2 Å². The van der Waals surface area contributed by atoms with E-state index in [-0.39, 0.29) is 11.0 Å². The second-order valence-corrected chi connectivity index (χ2v) is 5.29. The molecule has 0 radical (unpaired) electrons. The third-order valence-electron chi connectivity index (χ3n) is 3.28. The van der Waals surface area contributed by atoms with Gasteiger partial charge in [0.05, 0.1) is 17.5 Å². The van der Waals surface area contributed by atoms with Gasteiger partial charge in [-0.15, -0.1) is 0 Å². The number of halogens is 6. The highest BCUT2D eigenvalue weighted by molar-refractivity contribution is 5.85. The zero-order valence-electron chi connectivity index (χ0n) is 12.7. The van der Waals surface area contributed by atoms with Gasteiger partial charge in [-0.05, 0) is 12.1 Å². The molecule has 1 atom stereocenters. The van der Waals surface area contributed by atoms with E-state index in [1.54, 1.807) is 5.32 Å². The van der Waals surface area contributed by atoms with Gasteiger partial charge >= 0.3 is 18.3 Å². The summed E-state index contributed by atoms with van der Waals surface area (Å²) < 4.78 is 76.8. The molecular weight excluding hydrogens is 372 g/mol. The van der Waals surface area contributed by atoms with Crippen LogP contribution >= 0.6 is 0 Å². The molecule has 0 bridgehead atoms. The number of carboxylic acids is 1. The van der Waals surface area contributed by atoms with Crippen molar-refractivity contribution in [2.24, 2.45) is 0 Å². The van der Waals surface area contributed by atoms with Crippen molar-refractivity contribution in [3.8, 4) is 0 Å². The van der Waals surface area contributed by atoms with E-state index in [9.17, 15) is 35.9 Å². The third-order valence-corrected chi connectivity index (χ3v) is 3.28. The minimum absolute atomic E-state index is 0.0716. The molecule has 2 N–H and O–H groups in total.